The molecule has 2 aromatic carbocycles. The Hall–Kier alpha value is -2.72. The highest BCUT2D eigenvalue weighted by atomic mass is 16.3. The number of carbonyl (C=O) groups is 1. The highest BCUT2D eigenvalue weighted by Crippen LogP contribution is 2.21. The van der Waals surface area contributed by atoms with E-state index >= 15 is 0 Å². The van der Waals surface area contributed by atoms with E-state index in [2.05, 4.69) is 10.3 Å². The lowest BCUT2D eigenvalue weighted by molar-refractivity contribution is -0.117. The first-order chi connectivity index (χ1) is 11.2. The Morgan fingerprint density at radius 2 is 1.91 bits per heavy atom. The third-order valence-corrected chi connectivity index (χ3v) is 3.96. The maximum atomic E-state index is 12.4. The number of hydrogen-bond donors (Lipinski definition) is 2. The van der Waals surface area contributed by atoms with Gasteiger partial charge >= 0.3 is 0 Å². The topological polar surface area (TPSA) is 62.2 Å². The maximum absolute atomic E-state index is 12.4. The number of aromatic nitrogens is 1. The van der Waals surface area contributed by atoms with E-state index in [0.717, 1.165) is 27.6 Å². The standard InChI is InChI=1S/C19H18N2O2/c1-13(15-4-2-14(12-22)3-5-15)19(23)21-18-7-6-17-11-20-9-8-16(17)10-18/h2-11,13,22H,12H2,1H3,(H,21,23)/t13-/m0/s1. The van der Waals surface area contributed by atoms with Crippen LogP contribution in [0.1, 0.15) is 24.0 Å². The van der Waals surface area contributed by atoms with Crippen molar-refractivity contribution in [3.05, 3.63) is 72.1 Å². The molecule has 23 heavy (non-hydrogen) atoms. The molecule has 0 radical (unpaired) electrons. The van der Waals surface area contributed by atoms with E-state index in [-0.39, 0.29) is 18.4 Å². The van der Waals surface area contributed by atoms with Crippen LogP contribution in [-0.4, -0.2) is 16.0 Å². The molecule has 0 aliphatic carbocycles. The molecular formula is C19H18N2O2. The molecule has 1 atom stereocenters. The van der Waals surface area contributed by atoms with E-state index in [4.69, 9.17) is 5.11 Å². The van der Waals surface area contributed by atoms with Gasteiger partial charge in [0.2, 0.25) is 5.91 Å². The minimum Gasteiger partial charge on any atom is -0.392 e. The van der Waals surface area contributed by atoms with Crippen molar-refractivity contribution in [2.75, 3.05) is 5.32 Å². The van der Waals surface area contributed by atoms with Crippen LogP contribution in [0.2, 0.25) is 0 Å². The molecule has 0 saturated heterocycles. The van der Waals surface area contributed by atoms with Gasteiger partial charge in [-0.1, -0.05) is 30.3 Å². The SMILES string of the molecule is C[C@H](C(=O)Nc1ccc2cnccc2c1)c1ccc(CO)cc1. The van der Waals surface area contributed by atoms with Crippen LogP contribution in [0.4, 0.5) is 5.69 Å². The number of fused-ring (bicyclic) bond motifs is 1. The van der Waals surface area contributed by atoms with Crippen molar-refractivity contribution >= 4 is 22.4 Å². The van der Waals surface area contributed by atoms with Gasteiger partial charge in [-0.15, -0.1) is 0 Å². The van der Waals surface area contributed by atoms with Gasteiger partial charge in [-0.2, -0.15) is 0 Å². The number of aliphatic hydroxyl groups is 1. The number of hydrogen-bond acceptors (Lipinski definition) is 3. The van der Waals surface area contributed by atoms with Gasteiger partial charge in [-0.05, 0) is 41.6 Å². The number of rotatable bonds is 4. The van der Waals surface area contributed by atoms with Gasteiger partial charge in [-0.25, -0.2) is 0 Å². The van der Waals surface area contributed by atoms with Crippen LogP contribution < -0.4 is 5.32 Å². The molecule has 1 aromatic heterocycles. The summed E-state index contributed by atoms with van der Waals surface area (Å²) in [5.41, 5.74) is 2.53. The van der Waals surface area contributed by atoms with Gasteiger partial charge in [0.25, 0.3) is 0 Å². The van der Waals surface area contributed by atoms with Gasteiger partial charge in [0.05, 0.1) is 12.5 Å². The lowest BCUT2D eigenvalue weighted by Gasteiger charge is -2.13. The van der Waals surface area contributed by atoms with Crippen molar-refractivity contribution in [2.24, 2.45) is 0 Å². The number of aliphatic hydroxyl groups excluding tert-OH is 1. The minimum absolute atomic E-state index is 0.00675. The first-order valence-electron chi connectivity index (χ1n) is 7.52. The molecule has 4 nitrogen and oxygen atoms in total. The molecule has 1 amide bonds. The summed E-state index contributed by atoms with van der Waals surface area (Å²) in [7, 11) is 0. The number of amides is 1. The van der Waals surface area contributed by atoms with Crippen LogP contribution in [0.5, 0.6) is 0 Å². The van der Waals surface area contributed by atoms with Crippen molar-refractivity contribution in [2.45, 2.75) is 19.4 Å². The zero-order valence-electron chi connectivity index (χ0n) is 12.9. The molecular weight excluding hydrogens is 288 g/mol. The first kappa shape index (κ1) is 15.2. The second-order valence-electron chi connectivity index (χ2n) is 5.55. The minimum atomic E-state index is -0.268. The smallest absolute Gasteiger partial charge is 0.231 e. The number of benzene rings is 2. The van der Waals surface area contributed by atoms with E-state index in [1.165, 1.54) is 0 Å². The van der Waals surface area contributed by atoms with Crippen LogP contribution in [-0.2, 0) is 11.4 Å². The number of pyridine rings is 1. The number of carbonyl (C=O) groups excluding carboxylic acids is 1. The molecule has 116 valence electrons. The third kappa shape index (κ3) is 3.38. The third-order valence-electron chi connectivity index (χ3n) is 3.96. The summed E-state index contributed by atoms with van der Waals surface area (Å²) in [6.07, 6.45) is 3.53. The predicted octanol–water partition coefficient (Wildman–Crippen LogP) is 3.47. The quantitative estimate of drug-likeness (QED) is 0.776. The Morgan fingerprint density at radius 1 is 1.13 bits per heavy atom. The fourth-order valence-electron chi connectivity index (χ4n) is 2.47. The largest absolute Gasteiger partial charge is 0.392 e. The zero-order chi connectivity index (χ0) is 16.2. The Balaban J connectivity index is 1.76. The van der Waals surface area contributed by atoms with E-state index in [1.807, 2.05) is 55.5 Å². The van der Waals surface area contributed by atoms with Gasteiger partial charge in [-0.3, -0.25) is 9.78 Å². The fraction of sp³-hybridized carbons (Fsp3) is 0.158. The summed E-state index contributed by atoms with van der Waals surface area (Å²) in [6, 6.07) is 15.1. The number of nitrogens with one attached hydrogen (secondary N) is 1. The monoisotopic (exact) mass is 306 g/mol. The van der Waals surface area contributed by atoms with Crippen molar-refractivity contribution in [3.63, 3.8) is 0 Å². The zero-order valence-corrected chi connectivity index (χ0v) is 12.9. The number of nitrogens with zero attached hydrogens (tertiary/aromatic N) is 1. The lowest BCUT2D eigenvalue weighted by Crippen LogP contribution is -2.18. The molecule has 3 aromatic rings. The van der Waals surface area contributed by atoms with E-state index in [9.17, 15) is 4.79 Å². The average Bonchev–Trinajstić information content (AvgIpc) is 2.61. The molecule has 3 rings (SSSR count). The van der Waals surface area contributed by atoms with Crippen molar-refractivity contribution in [1.29, 1.82) is 0 Å². The average molecular weight is 306 g/mol. The molecule has 1 heterocycles. The van der Waals surface area contributed by atoms with Gasteiger partial charge in [0.15, 0.2) is 0 Å². The normalized spacial score (nSPS) is 12.1. The second-order valence-corrected chi connectivity index (χ2v) is 5.55. The van der Waals surface area contributed by atoms with Crippen LogP contribution >= 0.6 is 0 Å². The van der Waals surface area contributed by atoms with Crippen molar-refractivity contribution in [1.82, 2.24) is 4.98 Å². The van der Waals surface area contributed by atoms with Crippen LogP contribution in [0.3, 0.4) is 0 Å². The maximum Gasteiger partial charge on any atom is 0.231 e. The molecule has 0 bridgehead atoms. The summed E-state index contributed by atoms with van der Waals surface area (Å²) in [6.45, 7) is 1.88. The van der Waals surface area contributed by atoms with E-state index in [0.29, 0.717) is 0 Å². The van der Waals surface area contributed by atoms with Gasteiger partial charge in [0.1, 0.15) is 0 Å². The molecule has 0 fully saturated rings. The molecule has 2 N–H and O–H groups in total. The van der Waals surface area contributed by atoms with Crippen LogP contribution in [0.15, 0.2) is 60.9 Å². The molecule has 0 saturated carbocycles. The van der Waals surface area contributed by atoms with Crippen molar-refractivity contribution in [3.8, 4) is 0 Å². The first-order valence-corrected chi connectivity index (χ1v) is 7.52. The Labute approximate surface area is 134 Å². The molecule has 4 heteroatoms. The Kier molecular flexibility index (Phi) is 4.35. The summed E-state index contributed by atoms with van der Waals surface area (Å²) >= 11 is 0. The summed E-state index contributed by atoms with van der Waals surface area (Å²) in [5.74, 6) is -0.328. The van der Waals surface area contributed by atoms with Crippen LogP contribution in [0.25, 0.3) is 10.8 Å². The Bertz CT molecular complexity index is 828. The molecule has 0 aliphatic rings. The summed E-state index contributed by atoms with van der Waals surface area (Å²) in [4.78, 5) is 16.5. The Morgan fingerprint density at radius 3 is 2.65 bits per heavy atom. The molecule has 0 aliphatic heterocycles. The highest BCUT2D eigenvalue weighted by molar-refractivity contribution is 5.97. The molecule has 0 spiro atoms. The van der Waals surface area contributed by atoms with E-state index in [1.54, 1.807) is 12.4 Å². The highest BCUT2D eigenvalue weighted by Gasteiger charge is 2.15. The van der Waals surface area contributed by atoms with Crippen molar-refractivity contribution < 1.29 is 9.90 Å². The second kappa shape index (κ2) is 6.58. The van der Waals surface area contributed by atoms with E-state index < -0.39 is 0 Å². The summed E-state index contributed by atoms with van der Waals surface area (Å²) in [5, 5.41) is 14.1. The molecule has 0 unspecified atom stereocenters. The summed E-state index contributed by atoms with van der Waals surface area (Å²) < 4.78 is 0. The number of anilines is 1. The van der Waals surface area contributed by atoms with Gasteiger partial charge < -0.3 is 10.4 Å². The van der Waals surface area contributed by atoms with Crippen LogP contribution in [0, 0.1) is 0 Å². The predicted molar refractivity (Wildman–Crippen MR) is 91.2 cm³/mol. The lowest BCUT2D eigenvalue weighted by atomic mass is 9.99. The van der Waals surface area contributed by atoms with Gasteiger partial charge in [0, 0.05) is 23.5 Å². The fourth-order valence-corrected chi connectivity index (χ4v) is 2.47.